The van der Waals surface area contributed by atoms with E-state index in [-0.39, 0.29) is 39.2 Å². The van der Waals surface area contributed by atoms with Crippen LogP contribution in [-0.4, -0.2) is 6.71 Å². The summed E-state index contributed by atoms with van der Waals surface area (Å²) in [5.41, 5.74) is 26.5. The van der Waals surface area contributed by atoms with Crippen LogP contribution in [0.15, 0.2) is 133 Å². The Morgan fingerprint density at radius 3 is 1.41 bits per heavy atom. The third kappa shape index (κ3) is 8.44. The van der Waals surface area contributed by atoms with E-state index in [1.165, 1.54) is 112 Å². The van der Waals surface area contributed by atoms with Gasteiger partial charge in [-0.3, -0.25) is 0 Å². The summed E-state index contributed by atoms with van der Waals surface area (Å²) >= 11 is 0. The molecule has 0 aromatic heterocycles. The summed E-state index contributed by atoms with van der Waals surface area (Å²) in [5.74, 6) is 0. The van der Waals surface area contributed by atoms with Gasteiger partial charge in [0.05, 0.1) is 5.69 Å². The number of benzene rings is 7. The third-order valence-corrected chi connectivity index (χ3v) is 15.8. The fourth-order valence-corrected chi connectivity index (χ4v) is 11.5. The van der Waals surface area contributed by atoms with Crippen LogP contribution in [0.25, 0.3) is 22.3 Å². The summed E-state index contributed by atoms with van der Waals surface area (Å²) in [6.07, 6.45) is 2.16. The maximum atomic E-state index is 2.70. The first-order valence-corrected chi connectivity index (χ1v) is 26.1. The fourth-order valence-electron chi connectivity index (χ4n) is 11.5. The van der Waals surface area contributed by atoms with Gasteiger partial charge in [-0.15, -0.1) is 0 Å². The SMILES string of the molecule is CC1(C)Cc2cc3c(cc2C1)N(c1ccc(C(C)(C)C)cc1-c1ccc(-c2ccc(C(C)(C)C)cc2)cc1)c1cc(C(C)(C)C)cc2c1B3c1ccc(C(C)(C)C)cc1N2c1cccc(C(C)(C)C)c1. The molecule has 0 unspecified atom stereocenters. The molecular weight excluding hydrogens is 844 g/mol. The molecule has 0 amide bonds. The summed E-state index contributed by atoms with van der Waals surface area (Å²) < 4.78 is 0. The molecule has 3 aliphatic rings. The molecule has 0 N–H and O–H groups in total. The van der Waals surface area contributed by atoms with Gasteiger partial charge in [0, 0.05) is 34.0 Å². The van der Waals surface area contributed by atoms with Crippen molar-refractivity contribution < 1.29 is 0 Å². The Bertz CT molecular complexity index is 3180. The molecule has 0 saturated carbocycles. The van der Waals surface area contributed by atoms with Crippen molar-refractivity contribution in [1.29, 1.82) is 0 Å². The molecule has 0 atom stereocenters. The minimum absolute atomic E-state index is 0.00823. The van der Waals surface area contributed by atoms with E-state index in [2.05, 4.69) is 261 Å². The molecule has 0 fully saturated rings. The van der Waals surface area contributed by atoms with Crippen LogP contribution in [0.1, 0.15) is 157 Å². The molecular formula is C67H77BN2. The number of hydrogen-bond acceptors (Lipinski definition) is 2. The lowest BCUT2D eigenvalue weighted by atomic mass is 9.33. The van der Waals surface area contributed by atoms with Crippen LogP contribution in [0.5, 0.6) is 0 Å². The number of anilines is 6. The average Bonchev–Trinajstić information content (AvgIpc) is 3.59. The molecule has 0 bridgehead atoms. The van der Waals surface area contributed by atoms with Gasteiger partial charge in [-0.1, -0.05) is 203 Å². The van der Waals surface area contributed by atoms with Crippen molar-refractivity contribution in [2.75, 3.05) is 9.80 Å². The van der Waals surface area contributed by atoms with Crippen molar-refractivity contribution in [2.45, 2.75) is 158 Å². The van der Waals surface area contributed by atoms with E-state index < -0.39 is 0 Å². The Hall–Kier alpha value is -5.80. The Morgan fingerprint density at radius 2 is 0.829 bits per heavy atom. The maximum absolute atomic E-state index is 2.70. The zero-order chi connectivity index (χ0) is 50.2. The molecule has 1 aliphatic carbocycles. The highest BCUT2D eigenvalue weighted by Gasteiger charge is 2.46. The molecule has 0 saturated heterocycles. The van der Waals surface area contributed by atoms with Crippen LogP contribution in [0.4, 0.5) is 34.1 Å². The number of fused-ring (bicyclic) bond motifs is 5. The molecule has 3 heteroatoms. The molecule has 0 radical (unpaired) electrons. The predicted octanol–water partition coefficient (Wildman–Crippen LogP) is 16.7. The van der Waals surface area contributed by atoms with Crippen molar-refractivity contribution in [3.05, 3.63) is 172 Å². The van der Waals surface area contributed by atoms with Crippen LogP contribution in [-0.2, 0) is 39.9 Å². The second kappa shape index (κ2) is 16.1. The highest BCUT2D eigenvalue weighted by atomic mass is 15.2. The maximum Gasteiger partial charge on any atom is 0.252 e. The van der Waals surface area contributed by atoms with Gasteiger partial charge in [0.15, 0.2) is 0 Å². The normalized spacial score (nSPS) is 15.4. The minimum atomic E-state index is -0.124. The van der Waals surface area contributed by atoms with Crippen molar-refractivity contribution in [2.24, 2.45) is 5.41 Å². The number of nitrogens with zero attached hydrogens (tertiary/aromatic N) is 2. The Morgan fingerprint density at radius 1 is 0.371 bits per heavy atom. The summed E-state index contributed by atoms with van der Waals surface area (Å²) in [7, 11) is 0. The van der Waals surface area contributed by atoms with Gasteiger partial charge >= 0.3 is 0 Å². The van der Waals surface area contributed by atoms with Crippen molar-refractivity contribution in [3.63, 3.8) is 0 Å². The lowest BCUT2D eigenvalue weighted by Crippen LogP contribution is -2.61. The van der Waals surface area contributed by atoms with E-state index in [1.54, 1.807) is 0 Å². The van der Waals surface area contributed by atoms with E-state index in [1.807, 2.05) is 0 Å². The summed E-state index contributed by atoms with van der Waals surface area (Å²) in [5, 5.41) is 0. The van der Waals surface area contributed by atoms with Crippen molar-refractivity contribution >= 4 is 57.2 Å². The van der Waals surface area contributed by atoms with Gasteiger partial charge in [0.1, 0.15) is 0 Å². The molecule has 358 valence electrons. The van der Waals surface area contributed by atoms with Gasteiger partial charge in [0.2, 0.25) is 0 Å². The molecule has 0 spiro atoms. The summed E-state index contributed by atoms with van der Waals surface area (Å²) in [6.45, 7) is 40.0. The van der Waals surface area contributed by atoms with E-state index >= 15 is 0 Å². The zero-order valence-electron chi connectivity index (χ0n) is 45.6. The first-order chi connectivity index (χ1) is 32.6. The number of rotatable bonds is 4. The van der Waals surface area contributed by atoms with Crippen LogP contribution < -0.4 is 26.2 Å². The minimum Gasteiger partial charge on any atom is -0.311 e. The summed E-state index contributed by atoms with van der Waals surface area (Å²) in [6, 6.07) is 53.1. The van der Waals surface area contributed by atoms with Crippen LogP contribution in [0.2, 0.25) is 0 Å². The second-order valence-corrected chi connectivity index (χ2v) is 27.2. The van der Waals surface area contributed by atoms with Crippen LogP contribution in [0.3, 0.4) is 0 Å². The highest BCUT2D eigenvalue weighted by Crippen LogP contribution is 2.51. The molecule has 10 rings (SSSR count). The van der Waals surface area contributed by atoms with Gasteiger partial charge in [-0.05, 0) is 166 Å². The Labute approximate surface area is 422 Å². The first-order valence-electron chi connectivity index (χ1n) is 26.1. The lowest BCUT2D eigenvalue weighted by Gasteiger charge is -2.46. The smallest absolute Gasteiger partial charge is 0.252 e. The zero-order valence-corrected chi connectivity index (χ0v) is 45.6. The van der Waals surface area contributed by atoms with E-state index in [9.17, 15) is 0 Å². The molecule has 2 aliphatic heterocycles. The molecule has 2 nitrogen and oxygen atoms in total. The topological polar surface area (TPSA) is 6.48 Å². The third-order valence-electron chi connectivity index (χ3n) is 15.8. The van der Waals surface area contributed by atoms with Gasteiger partial charge in [0.25, 0.3) is 6.71 Å². The quantitative estimate of drug-likeness (QED) is 0.162. The molecule has 2 heterocycles. The van der Waals surface area contributed by atoms with Crippen LogP contribution >= 0.6 is 0 Å². The van der Waals surface area contributed by atoms with Crippen LogP contribution in [0, 0.1) is 5.41 Å². The monoisotopic (exact) mass is 921 g/mol. The van der Waals surface area contributed by atoms with E-state index in [0.29, 0.717) is 0 Å². The fraction of sp³-hybridized carbons (Fsp3) is 0.373. The number of hydrogen-bond donors (Lipinski definition) is 0. The van der Waals surface area contributed by atoms with Gasteiger partial charge in [-0.25, -0.2) is 0 Å². The Kier molecular flexibility index (Phi) is 11.0. The van der Waals surface area contributed by atoms with E-state index in [0.717, 1.165) is 12.8 Å². The van der Waals surface area contributed by atoms with Gasteiger partial charge < -0.3 is 9.80 Å². The van der Waals surface area contributed by atoms with Crippen molar-refractivity contribution in [1.82, 2.24) is 0 Å². The largest absolute Gasteiger partial charge is 0.311 e. The summed E-state index contributed by atoms with van der Waals surface area (Å²) in [4.78, 5) is 5.34. The second-order valence-electron chi connectivity index (χ2n) is 27.2. The molecule has 70 heavy (non-hydrogen) atoms. The molecule has 7 aromatic carbocycles. The predicted molar refractivity (Wildman–Crippen MR) is 306 cm³/mol. The first kappa shape index (κ1) is 47.9. The average molecular weight is 921 g/mol. The van der Waals surface area contributed by atoms with Gasteiger partial charge in [-0.2, -0.15) is 0 Å². The Balaban J connectivity index is 1.28. The lowest BCUT2D eigenvalue weighted by molar-refractivity contribution is 0.392. The highest BCUT2D eigenvalue weighted by molar-refractivity contribution is 7.00. The van der Waals surface area contributed by atoms with E-state index in [4.69, 9.17) is 0 Å². The standard InChI is InChI=1S/C67H77BN2/c1-62(2,3)47-27-25-43(26-28-47)42-21-23-44(24-22-42)53-36-49(64(7,8)9)30-32-56(53)70-57-34-46-41-67(16,17)40-45(46)33-55(57)68-54-31-29-50(65(10,11)12)37-58(54)69(52-20-18-19-48(35-52)63(4,5)6)59-38-51(66(13,14)15)39-60(70)61(59)68/h18-39H,40-41H2,1-17H3. The van der Waals surface area contributed by atoms with Crippen molar-refractivity contribution in [3.8, 4) is 22.3 Å². The molecule has 7 aromatic rings.